The molecule has 0 fully saturated rings. The van der Waals surface area contributed by atoms with E-state index in [0.717, 1.165) is 68.4 Å². The lowest BCUT2D eigenvalue weighted by molar-refractivity contribution is 0.242. The van der Waals surface area contributed by atoms with Crippen molar-refractivity contribution in [3.63, 3.8) is 0 Å². The average Bonchev–Trinajstić information content (AvgIpc) is 2.88. The normalized spacial score (nSPS) is 12.4. The Morgan fingerprint density at radius 2 is 1.38 bits per heavy atom. The number of likely N-dealkylation sites (N-methyl/N-ethyl adjacent to an activating group) is 2. The first kappa shape index (κ1) is 35.1. The van der Waals surface area contributed by atoms with Crippen LogP contribution in [0.2, 0.25) is 0 Å². The summed E-state index contributed by atoms with van der Waals surface area (Å²) in [6.45, 7) is 10.7. The maximum Gasteiger partial charge on any atom is 0.161 e. The summed E-state index contributed by atoms with van der Waals surface area (Å²) < 4.78 is 21.9. The Kier molecular flexibility index (Phi) is 16.7. The van der Waals surface area contributed by atoms with Crippen LogP contribution in [0.4, 0.5) is 0 Å². The van der Waals surface area contributed by atoms with Gasteiger partial charge in [0.25, 0.3) is 0 Å². The van der Waals surface area contributed by atoms with Crippen molar-refractivity contribution in [2.45, 2.75) is 45.4 Å². The number of nitrogens with zero attached hydrogens (tertiary/aromatic N) is 1. The number of ether oxygens (including phenoxy) is 4. The van der Waals surface area contributed by atoms with Gasteiger partial charge in [-0.2, -0.15) is 0 Å². The molecule has 0 heterocycles. The first-order chi connectivity index (χ1) is 16.8. The highest BCUT2D eigenvalue weighted by molar-refractivity contribution is 5.85. The van der Waals surface area contributed by atoms with Gasteiger partial charge in [0.15, 0.2) is 23.0 Å². The second kappa shape index (κ2) is 17.6. The summed E-state index contributed by atoms with van der Waals surface area (Å²) in [6.07, 6.45) is 3.17. The van der Waals surface area contributed by atoms with Crippen molar-refractivity contribution in [1.82, 2.24) is 10.2 Å². The van der Waals surface area contributed by atoms with Crippen LogP contribution in [0.15, 0.2) is 36.4 Å². The molecular formula is C29H48Cl2N2O4. The van der Waals surface area contributed by atoms with E-state index in [9.17, 15) is 0 Å². The molecule has 6 nitrogen and oxygen atoms in total. The Hall–Kier alpha value is -1.86. The van der Waals surface area contributed by atoms with Crippen LogP contribution in [-0.2, 0) is 11.8 Å². The molecule has 8 heteroatoms. The van der Waals surface area contributed by atoms with Gasteiger partial charge in [-0.1, -0.05) is 32.9 Å². The standard InChI is InChI=1S/C29H46N2O4.2ClH/c1-9-30-21-29(22(2)3,24-12-14-26(33-6)28(20-24)35-8)16-10-17-31(4)18-15-23-11-13-25(32-5)27(19-23)34-7;;/h11-14,19-20,22,30H,9-10,15-18,21H2,1-8H3;2*1H. The molecule has 0 saturated heterocycles. The quantitative estimate of drug-likeness (QED) is 0.271. The van der Waals surface area contributed by atoms with Crippen LogP contribution >= 0.6 is 24.8 Å². The molecule has 0 aromatic heterocycles. The number of rotatable bonds is 16. The molecule has 0 amide bonds. The van der Waals surface area contributed by atoms with E-state index in [0.29, 0.717) is 5.92 Å². The van der Waals surface area contributed by atoms with Crippen LogP contribution in [0.1, 0.15) is 44.7 Å². The molecule has 37 heavy (non-hydrogen) atoms. The Morgan fingerprint density at radius 1 is 0.811 bits per heavy atom. The number of benzene rings is 2. The molecule has 2 aromatic carbocycles. The van der Waals surface area contributed by atoms with Gasteiger partial charge in [-0.05, 0) is 80.7 Å². The monoisotopic (exact) mass is 558 g/mol. The summed E-state index contributed by atoms with van der Waals surface area (Å²) >= 11 is 0. The third-order valence-corrected chi connectivity index (χ3v) is 7.15. The average molecular weight is 560 g/mol. The van der Waals surface area contributed by atoms with Gasteiger partial charge in [0.05, 0.1) is 28.4 Å². The van der Waals surface area contributed by atoms with E-state index in [2.05, 4.69) is 62.3 Å². The maximum absolute atomic E-state index is 5.63. The highest BCUT2D eigenvalue weighted by Gasteiger charge is 2.35. The van der Waals surface area contributed by atoms with E-state index in [1.807, 2.05) is 12.1 Å². The Labute approximate surface area is 237 Å². The van der Waals surface area contributed by atoms with Crippen molar-refractivity contribution in [3.8, 4) is 23.0 Å². The van der Waals surface area contributed by atoms with E-state index in [1.165, 1.54) is 11.1 Å². The number of hydrogen-bond acceptors (Lipinski definition) is 6. The van der Waals surface area contributed by atoms with Crippen molar-refractivity contribution in [2.75, 3.05) is 61.7 Å². The summed E-state index contributed by atoms with van der Waals surface area (Å²) in [5.74, 6) is 3.58. The third kappa shape index (κ3) is 9.43. The summed E-state index contributed by atoms with van der Waals surface area (Å²) in [4.78, 5) is 2.42. The largest absolute Gasteiger partial charge is 0.493 e. The minimum Gasteiger partial charge on any atom is -0.493 e. The summed E-state index contributed by atoms with van der Waals surface area (Å²) in [7, 11) is 8.94. The Bertz CT molecular complexity index is 913. The lowest BCUT2D eigenvalue weighted by Gasteiger charge is -2.39. The second-order valence-corrected chi connectivity index (χ2v) is 9.51. The Morgan fingerprint density at radius 3 is 1.92 bits per heavy atom. The van der Waals surface area contributed by atoms with Gasteiger partial charge in [0.2, 0.25) is 0 Å². The Balaban J connectivity index is 0.00000648. The number of methoxy groups -OCH3 is 4. The van der Waals surface area contributed by atoms with Crippen molar-refractivity contribution in [2.24, 2.45) is 5.92 Å². The zero-order valence-corrected chi connectivity index (χ0v) is 25.5. The van der Waals surface area contributed by atoms with Crippen LogP contribution in [0.5, 0.6) is 23.0 Å². The van der Waals surface area contributed by atoms with Gasteiger partial charge >= 0.3 is 0 Å². The fraction of sp³-hybridized carbons (Fsp3) is 0.586. The van der Waals surface area contributed by atoms with Gasteiger partial charge in [-0.15, -0.1) is 24.8 Å². The molecule has 0 saturated carbocycles. The van der Waals surface area contributed by atoms with Gasteiger partial charge in [0, 0.05) is 18.5 Å². The number of nitrogens with one attached hydrogen (secondary N) is 1. The number of hydrogen-bond donors (Lipinski definition) is 1. The minimum absolute atomic E-state index is 0. The molecule has 2 rings (SSSR count). The fourth-order valence-electron chi connectivity index (χ4n) is 4.79. The van der Waals surface area contributed by atoms with Crippen LogP contribution in [0.25, 0.3) is 0 Å². The first-order valence-electron chi connectivity index (χ1n) is 12.7. The van der Waals surface area contributed by atoms with Gasteiger partial charge < -0.3 is 29.2 Å². The van der Waals surface area contributed by atoms with Crippen LogP contribution < -0.4 is 24.3 Å². The molecule has 0 aliphatic heterocycles. The fourth-order valence-corrected chi connectivity index (χ4v) is 4.79. The van der Waals surface area contributed by atoms with E-state index in [-0.39, 0.29) is 30.2 Å². The molecule has 0 radical (unpaired) electrons. The molecular weight excluding hydrogens is 511 g/mol. The molecule has 1 N–H and O–H groups in total. The van der Waals surface area contributed by atoms with Crippen LogP contribution in [-0.4, -0.2) is 66.6 Å². The molecule has 0 spiro atoms. The lowest BCUT2D eigenvalue weighted by atomic mass is 9.68. The van der Waals surface area contributed by atoms with Gasteiger partial charge in [0.1, 0.15) is 0 Å². The van der Waals surface area contributed by atoms with Crippen molar-refractivity contribution >= 4 is 24.8 Å². The topological polar surface area (TPSA) is 52.2 Å². The van der Waals surface area contributed by atoms with Gasteiger partial charge in [-0.25, -0.2) is 0 Å². The van der Waals surface area contributed by atoms with Gasteiger partial charge in [-0.3, -0.25) is 0 Å². The number of halogens is 2. The molecule has 1 unspecified atom stereocenters. The predicted molar refractivity (Wildman–Crippen MR) is 159 cm³/mol. The third-order valence-electron chi connectivity index (χ3n) is 7.15. The van der Waals surface area contributed by atoms with Crippen molar-refractivity contribution < 1.29 is 18.9 Å². The summed E-state index contributed by atoms with van der Waals surface area (Å²) in [6, 6.07) is 12.6. The zero-order valence-electron chi connectivity index (χ0n) is 23.9. The van der Waals surface area contributed by atoms with Crippen LogP contribution in [0, 0.1) is 5.92 Å². The predicted octanol–water partition coefficient (Wildman–Crippen LogP) is 6.02. The summed E-state index contributed by atoms with van der Waals surface area (Å²) in [5, 5.41) is 3.63. The summed E-state index contributed by atoms with van der Waals surface area (Å²) in [5.41, 5.74) is 2.57. The minimum atomic E-state index is 0. The lowest BCUT2D eigenvalue weighted by Crippen LogP contribution is -2.43. The SMILES string of the molecule is CCNCC(CCCN(C)CCc1ccc(OC)c(OC)c1)(c1ccc(OC)c(OC)c1)C(C)C.Cl.Cl. The smallest absolute Gasteiger partial charge is 0.161 e. The molecule has 0 bridgehead atoms. The van der Waals surface area contributed by atoms with E-state index >= 15 is 0 Å². The van der Waals surface area contributed by atoms with Crippen LogP contribution in [0.3, 0.4) is 0 Å². The van der Waals surface area contributed by atoms with E-state index < -0.39 is 0 Å². The maximum atomic E-state index is 5.63. The van der Waals surface area contributed by atoms with E-state index in [1.54, 1.807) is 28.4 Å². The molecule has 0 aliphatic carbocycles. The zero-order chi connectivity index (χ0) is 25.8. The second-order valence-electron chi connectivity index (χ2n) is 9.51. The van der Waals surface area contributed by atoms with E-state index in [4.69, 9.17) is 18.9 Å². The van der Waals surface area contributed by atoms with Crippen molar-refractivity contribution in [3.05, 3.63) is 47.5 Å². The molecule has 2 aromatic rings. The molecule has 0 aliphatic rings. The highest BCUT2D eigenvalue weighted by atomic mass is 35.5. The molecule has 1 atom stereocenters. The van der Waals surface area contributed by atoms with Crippen molar-refractivity contribution in [1.29, 1.82) is 0 Å². The highest BCUT2D eigenvalue weighted by Crippen LogP contribution is 2.40. The molecule has 212 valence electrons. The first-order valence-corrected chi connectivity index (χ1v) is 12.7.